The molecule has 0 saturated heterocycles. The van der Waals surface area contributed by atoms with Crippen molar-refractivity contribution >= 4 is 11.0 Å². The number of nitrogens with zero attached hydrogens (tertiary/aromatic N) is 4. The topological polar surface area (TPSA) is 52.7 Å². The number of fused-ring (bicyclic) bond motifs is 1. The maximum absolute atomic E-state index is 13.4. The van der Waals surface area contributed by atoms with Crippen LogP contribution in [0.5, 0.6) is 0 Å². The van der Waals surface area contributed by atoms with Crippen LogP contribution in [0.4, 0.5) is 4.39 Å². The molecule has 0 atom stereocenters. The Kier molecular flexibility index (Phi) is 4.32. The second kappa shape index (κ2) is 6.79. The minimum atomic E-state index is -0.327. The molecule has 4 aromatic rings. The molecule has 2 heterocycles. The summed E-state index contributed by atoms with van der Waals surface area (Å²) in [5.41, 5.74) is 1.86. The van der Waals surface area contributed by atoms with E-state index in [1.54, 1.807) is 27.6 Å². The Morgan fingerprint density at radius 3 is 2.41 bits per heavy atom. The summed E-state index contributed by atoms with van der Waals surface area (Å²) in [5.74, 6) is 0.441. The van der Waals surface area contributed by atoms with Gasteiger partial charge in [-0.15, -0.1) is 0 Å². The fourth-order valence-electron chi connectivity index (χ4n) is 3.11. The van der Waals surface area contributed by atoms with E-state index in [2.05, 4.69) is 5.10 Å². The number of rotatable bonds is 4. The van der Waals surface area contributed by atoms with E-state index in [-0.39, 0.29) is 17.3 Å². The summed E-state index contributed by atoms with van der Waals surface area (Å²) in [7, 11) is 0. The second-order valence-electron chi connectivity index (χ2n) is 6.88. The molecule has 4 rings (SSSR count). The van der Waals surface area contributed by atoms with Gasteiger partial charge in [0.1, 0.15) is 17.0 Å². The van der Waals surface area contributed by atoms with Crippen molar-refractivity contribution < 1.29 is 4.39 Å². The van der Waals surface area contributed by atoms with Gasteiger partial charge in [-0.1, -0.05) is 32.0 Å². The predicted molar refractivity (Wildman–Crippen MR) is 103 cm³/mol. The van der Waals surface area contributed by atoms with Crippen LogP contribution in [0.3, 0.4) is 0 Å². The van der Waals surface area contributed by atoms with Crippen molar-refractivity contribution in [2.75, 3.05) is 0 Å². The van der Waals surface area contributed by atoms with E-state index < -0.39 is 0 Å². The highest BCUT2D eigenvalue weighted by Gasteiger charge is 2.18. The standard InChI is InChI=1S/C21H19FN4O/c1-14(2)13-25-19(15-8-10-16(22)11-9-15)24-20-18(21(25)27)12-23-26(20)17-6-4-3-5-7-17/h3-12,14H,13H2,1-2H3. The smallest absolute Gasteiger partial charge is 0.264 e. The third kappa shape index (κ3) is 3.14. The van der Waals surface area contributed by atoms with Crippen molar-refractivity contribution in [3.63, 3.8) is 0 Å². The summed E-state index contributed by atoms with van der Waals surface area (Å²) >= 11 is 0. The minimum Gasteiger partial charge on any atom is -0.292 e. The zero-order chi connectivity index (χ0) is 19.0. The van der Waals surface area contributed by atoms with Crippen LogP contribution in [0, 0.1) is 11.7 Å². The van der Waals surface area contributed by atoms with Gasteiger partial charge in [-0.25, -0.2) is 14.1 Å². The van der Waals surface area contributed by atoms with Crippen molar-refractivity contribution in [1.29, 1.82) is 0 Å². The van der Waals surface area contributed by atoms with Gasteiger partial charge in [0.15, 0.2) is 5.65 Å². The lowest BCUT2D eigenvalue weighted by molar-refractivity contribution is 0.513. The van der Waals surface area contributed by atoms with Crippen LogP contribution >= 0.6 is 0 Å². The molecule has 0 fully saturated rings. The second-order valence-corrected chi connectivity index (χ2v) is 6.88. The van der Waals surface area contributed by atoms with Crippen LogP contribution < -0.4 is 5.56 Å². The maximum Gasteiger partial charge on any atom is 0.264 e. The summed E-state index contributed by atoms with van der Waals surface area (Å²) in [6, 6.07) is 15.6. The number of para-hydroxylation sites is 1. The molecule has 0 spiro atoms. The molecule has 0 saturated carbocycles. The lowest BCUT2D eigenvalue weighted by Gasteiger charge is -2.15. The zero-order valence-electron chi connectivity index (χ0n) is 15.1. The van der Waals surface area contributed by atoms with Gasteiger partial charge < -0.3 is 0 Å². The minimum absolute atomic E-state index is 0.143. The van der Waals surface area contributed by atoms with Crippen LogP contribution in [0.15, 0.2) is 65.6 Å². The quantitative estimate of drug-likeness (QED) is 0.550. The molecule has 6 heteroatoms. The normalized spacial score (nSPS) is 11.4. The largest absolute Gasteiger partial charge is 0.292 e. The molecule has 27 heavy (non-hydrogen) atoms. The Bertz CT molecular complexity index is 1140. The Morgan fingerprint density at radius 2 is 1.74 bits per heavy atom. The van der Waals surface area contributed by atoms with Gasteiger partial charge >= 0.3 is 0 Å². The van der Waals surface area contributed by atoms with Gasteiger partial charge in [-0.2, -0.15) is 5.10 Å². The zero-order valence-corrected chi connectivity index (χ0v) is 15.1. The first-order chi connectivity index (χ1) is 13.0. The van der Waals surface area contributed by atoms with E-state index in [9.17, 15) is 9.18 Å². The summed E-state index contributed by atoms with van der Waals surface area (Å²) in [5, 5.41) is 4.84. The highest BCUT2D eigenvalue weighted by atomic mass is 19.1. The van der Waals surface area contributed by atoms with Crippen LogP contribution in [0.25, 0.3) is 28.1 Å². The monoisotopic (exact) mass is 362 g/mol. The van der Waals surface area contributed by atoms with E-state index in [0.29, 0.717) is 29.0 Å². The summed E-state index contributed by atoms with van der Waals surface area (Å²) in [6.45, 7) is 4.60. The summed E-state index contributed by atoms with van der Waals surface area (Å²) in [4.78, 5) is 17.9. The number of hydrogen-bond donors (Lipinski definition) is 0. The molecular weight excluding hydrogens is 343 g/mol. The van der Waals surface area contributed by atoms with Crippen LogP contribution in [-0.2, 0) is 6.54 Å². The summed E-state index contributed by atoms with van der Waals surface area (Å²) in [6.07, 6.45) is 1.56. The molecular formula is C21H19FN4O. The van der Waals surface area contributed by atoms with E-state index in [1.807, 2.05) is 44.2 Å². The Morgan fingerprint density at radius 1 is 1.04 bits per heavy atom. The van der Waals surface area contributed by atoms with Crippen molar-refractivity contribution in [2.24, 2.45) is 5.92 Å². The maximum atomic E-state index is 13.4. The highest BCUT2D eigenvalue weighted by Crippen LogP contribution is 2.22. The van der Waals surface area contributed by atoms with Gasteiger partial charge in [-0.3, -0.25) is 9.36 Å². The molecule has 0 aliphatic heterocycles. The van der Waals surface area contributed by atoms with Crippen molar-refractivity contribution in [1.82, 2.24) is 19.3 Å². The molecule has 0 bridgehead atoms. The summed E-state index contributed by atoms with van der Waals surface area (Å²) < 4.78 is 16.7. The molecule has 0 amide bonds. The molecule has 0 unspecified atom stereocenters. The van der Waals surface area contributed by atoms with Gasteiger partial charge in [0.05, 0.1) is 11.9 Å². The van der Waals surface area contributed by atoms with E-state index in [1.165, 1.54) is 12.1 Å². The Labute approximate surface area is 155 Å². The number of aromatic nitrogens is 4. The first kappa shape index (κ1) is 17.1. The van der Waals surface area contributed by atoms with Crippen LogP contribution in [0.2, 0.25) is 0 Å². The van der Waals surface area contributed by atoms with Gasteiger partial charge in [0.2, 0.25) is 0 Å². The Balaban J connectivity index is 2.01. The molecule has 0 radical (unpaired) electrons. The lowest BCUT2D eigenvalue weighted by atomic mass is 10.1. The molecule has 0 N–H and O–H groups in total. The van der Waals surface area contributed by atoms with Crippen molar-refractivity contribution in [3.05, 3.63) is 77.0 Å². The molecule has 2 aromatic carbocycles. The first-order valence-corrected chi connectivity index (χ1v) is 8.84. The average Bonchev–Trinajstić information content (AvgIpc) is 3.09. The third-order valence-electron chi connectivity index (χ3n) is 4.34. The molecule has 136 valence electrons. The van der Waals surface area contributed by atoms with Gasteiger partial charge in [-0.05, 0) is 42.3 Å². The average molecular weight is 362 g/mol. The number of benzene rings is 2. The van der Waals surface area contributed by atoms with Gasteiger partial charge in [0, 0.05) is 12.1 Å². The SMILES string of the molecule is CC(C)Cn1c(-c2ccc(F)cc2)nc2c(cnn2-c2ccccc2)c1=O. The van der Waals surface area contributed by atoms with E-state index >= 15 is 0 Å². The molecule has 0 aliphatic rings. The number of hydrogen-bond acceptors (Lipinski definition) is 3. The van der Waals surface area contributed by atoms with Gasteiger partial charge in [0.25, 0.3) is 5.56 Å². The molecule has 0 aliphatic carbocycles. The van der Waals surface area contributed by atoms with E-state index in [0.717, 1.165) is 5.69 Å². The van der Waals surface area contributed by atoms with Crippen LogP contribution in [-0.4, -0.2) is 19.3 Å². The highest BCUT2D eigenvalue weighted by molar-refractivity contribution is 5.77. The lowest BCUT2D eigenvalue weighted by Crippen LogP contribution is -2.25. The van der Waals surface area contributed by atoms with E-state index in [4.69, 9.17) is 4.98 Å². The van der Waals surface area contributed by atoms with Crippen molar-refractivity contribution in [3.8, 4) is 17.1 Å². The number of halogens is 1. The molecule has 5 nitrogen and oxygen atoms in total. The first-order valence-electron chi connectivity index (χ1n) is 8.84. The van der Waals surface area contributed by atoms with Crippen molar-refractivity contribution in [2.45, 2.75) is 20.4 Å². The predicted octanol–water partition coefficient (Wildman–Crippen LogP) is 4.04. The Hall–Kier alpha value is -3.28. The fourth-order valence-corrected chi connectivity index (χ4v) is 3.11. The fraction of sp³-hybridized carbons (Fsp3) is 0.190. The molecule has 2 aromatic heterocycles. The van der Waals surface area contributed by atoms with Crippen LogP contribution in [0.1, 0.15) is 13.8 Å². The third-order valence-corrected chi connectivity index (χ3v) is 4.34.